The van der Waals surface area contributed by atoms with E-state index in [2.05, 4.69) is 10.6 Å². The van der Waals surface area contributed by atoms with Crippen LogP contribution >= 0.6 is 11.3 Å². The minimum atomic E-state index is -1.51. The molecule has 2 heterocycles. The van der Waals surface area contributed by atoms with Crippen molar-refractivity contribution in [3.8, 4) is 0 Å². The zero-order valence-electron chi connectivity index (χ0n) is 10.8. The van der Waals surface area contributed by atoms with E-state index in [0.29, 0.717) is 11.3 Å². The summed E-state index contributed by atoms with van der Waals surface area (Å²) in [7, 11) is 1.36. The van der Waals surface area contributed by atoms with Gasteiger partial charge in [0.05, 0.1) is 12.8 Å². The van der Waals surface area contributed by atoms with Crippen LogP contribution in [0.4, 0.5) is 0 Å². The zero-order chi connectivity index (χ0) is 14.6. The second kappa shape index (κ2) is 5.89. The van der Waals surface area contributed by atoms with Gasteiger partial charge in [0.25, 0.3) is 0 Å². The summed E-state index contributed by atoms with van der Waals surface area (Å²) in [5, 5.41) is 19.0. The van der Waals surface area contributed by atoms with E-state index in [0.717, 1.165) is 0 Å². The van der Waals surface area contributed by atoms with Crippen LogP contribution in [-0.2, 0) is 15.2 Å². The first-order valence-electron chi connectivity index (χ1n) is 5.87. The minimum absolute atomic E-state index is 0.163. The molecule has 0 unspecified atom stereocenters. The Kier molecular flexibility index (Phi) is 4.21. The summed E-state index contributed by atoms with van der Waals surface area (Å²) in [5.74, 6) is -1.28. The molecular formula is C13H14N2O4S. The first-order chi connectivity index (χ1) is 9.58. The second-order valence-electron chi connectivity index (χ2n) is 4.11. The fourth-order valence-electron chi connectivity index (χ4n) is 1.75. The Hall–Kier alpha value is -2.12. The molecule has 0 saturated heterocycles. The van der Waals surface area contributed by atoms with Gasteiger partial charge in [0.2, 0.25) is 0 Å². The number of furan rings is 1. The summed E-state index contributed by atoms with van der Waals surface area (Å²) in [5.41, 5.74) is -0.914. The molecule has 0 saturated carbocycles. The summed E-state index contributed by atoms with van der Waals surface area (Å²) in [6.45, 7) is -0.163. The largest absolute Gasteiger partial charge is 0.466 e. The molecule has 106 valence electrons. The topological polar surface area (TPSA) is 91.6 Å². The van der Waals surface area contributed by atoms with Crippen LogP contribution in [0.25, 0.3) is 0 Å². The Bertz CT molecular complexity index is 543. The predicted molar refractivity (Wildman–Crippen MR) is 73.1 cm³/mol. The Morgan fingerprint density at radius 2 is 2.20 bits per heavy atom. The molecule has 2 aromatic heterocycles. The molecule has 0 bridgehead atoms. The van der Waals surface area contributed by atoms with Gasteiger partial charge in [-0.05, 0) is 29.0 Å². The fourth-order valence-corrected chi connectivity index (χ4v) is 2.47. The number of nitrogens with one attached hydrogen (secondary N) is 2. The number of amides is 2. The van der Waals surface area contributed by atoms with Crippen LogP contribution in [0.3, 0.4) is 0 Å². The van der Waals surface area contributed by atoms with Crippen LogP contribution in [0.15, 0.2) is 39.6 Å². The molecule has 0 aliphatic heterocycles. The molecule has 2 amide bonds. The fraction of sp³-hybridized carbons (Fsp3) is 0.231. The Balaban J connectivity index is 2.21. The number of aliphatic hydroxyl groups is 1. The maximum absolute atomic E-state index is 11.5. The summed E-state index contributed by atoms with van der Waals surface area (Å²) in [6, 6.07) is 5.00. The number of carbonyl (C=O) groups excluding carboxylic acids is 2. The first-order valence-corrected chi connectivity index (χ1v) is 6.81. The number of carbonyl (C=O) groups is 2. The van der Waals surface area contributed by atoms with Crippen LogP contribution in [0, 0.1) is 0 Å². The van der Waals surface area contributed by atoms with Gasteiger partial charge < -0.3 is 20.2 Å². The zero-order valence-corrected chi connectivity index (χ0v) is 11.6. The van der Waals surface area contributed by atoms with E-state index in [1.807, 2.05) is 5.38 Å². The highest BCUT2D eigenvalue weighted by Crippen LogP contribution is 2.30. The van der Waals surface area contributed by atoms with Crippen molar-refractivity contribution in [2.24, 2.45) is 0 Å². The van der Waals surface area contributed by atoms with Crippen molar-refractivity contribution in [2.75, 3.05) is 13.6 Å². The highest BCUT2D eigenvalue weighted by atomic mass is 32.1. The summed E-state index contributed by atoms with van der Waals surface area (Å²) in [6.07, 6.45) is 1.44. The molecule has 0 aliphatic carbocycles. The first kappa shape index (κ1) is 14.3. The number of hydrogen-bond donors (Lipinski definition) is 3. The van der Waals surface area contributed by atoms with E-state index in [1.54, 1.807) is 23.6 Å². The standard InChI is InChI=1S/C13H14N2O4S/c1-14-11(16)12(17)15-8-13(18,9-4-6-20-7-9)10-3-2-5-19-10/h2-7,18H,8H2,1H3,(H,14,16)(H,15,17)/t13-/m0/s1. The smallest absolute Gasteiger partial charge is 0.309 e. The van der Waals surface area contributed by atoms with Gasteiger partial charge in [-0.2, -0.15) is 11.3 Å². The second-order valence-corrected chi connectivity index (χ2v) is 4.89. The predicted octanol–water partition coefficient (Wildman–Crippen LogP) is 0.439. The van der Waals surface area contributed by atoms with Gasteiger partial charge in [0.15, 0.2) is 5.60 Å². The molecule has 0 radical (unpaired) electrons. The average Bonchev–Trinajstić information content (AvgIpc) is 3.15. The summed E-state index contributed by atoms with van der Waals surface area (Å²) < 4.78 is 5.24. The van der Waals surface area contributed by atoms with E-state index < -0.39 is 17.4 Å². The maximum Gasteiger partial charge on any atom is 0.309 e. The van der Waals surface area contributed by atoms with Crippen molar-refractivity contribution in [3.05, 3.63) is 46.5 Å². The number of hydrogen-bond acceptors (Lipinski definition) is 5. The maximum atomic E-state index is 11.5. The Morgan fingerprint density at radius 3 is 2.75 bits per heavy atom. The lowest BCUT2D eigenvalue weighted by Crippen LogP contribution is -2.46. The molecule has 2 aromatic rings. The van der Waals surface area contributed by atoms with Crippen molar-refractivity contribution in [2.45, 2.75) is 5.60 Å². The summed E-state index contributed by atoms with van der Waals surface area (Å²) in [4.78, 5) is 22.7. The third kappa shape index (κ3) is 2.73. The third-order valence-corrected chi connectivity index (χ3v) is 3.55. The van der Waals surface area contributed by atoms with E-state index in [1.165, 1.54) is 24.6 Å². The monoisotopic (exact) mass is 294 g/mol. The van der Waals surface area contributed by atoms with E-state index in [9.17, 15) is 14.7 Å². The van der Waals surface area contributed by atoms with Gasteiger partial charge in [0.1, 0.15) is 5.76 Å². The molecule has 3 N–H and O–H groups in total. The molecule has 0 aliphatic rings. The lowest BCUT2D eigenvalue weighted by Gasteiger charge is -2.25. The van der Waals surface area contributed by atoms with Gasteiger partial charge in [0, 0.05) is 12.6 Å². The number of rotatable bonds is 4. The quantitative estimate of drug-likeness (QED) is 0.714. The molecule has 0 aromatic carbocycles. The molecule has 7 heteroatoms. The van der Waals surface area contributed by atoms with Crippen molar-refractivity contribution in [3.63, 3.8) is 0 Å². The molecule has 0 spiro atoms. The van der Waals surface area contributed by atoms with Crippen molar-refractivity contribution in [1.29, 1.82) is 0 Å². The highest BCUT2D eigenvalue weighted by molar-refractivity contribution is 7.08. The van der Waals surface area contributed by atoms with Crippen LogP contribution in [0.1, 0.15) is 11.3 Å². The average molecular weight is 294 g/mol. The van der Waals surface area contributed by atoms with Gasteiger partial charge in [-0.25, -0.2) is 0 Å². The van der Waals surface area contributed by atoms with Crippen LogP contribution in [-0.4, -0.2) is 30.5 Å². The SMILES string of the molecule is CNC(=O)C(=O)NC[C@](O)(c1ccsc1)c1ccco1. The molecule has 2 rings (SSSR count). The van der Waals surface area contributed by atoms with Gasteiger partial charge in [-0.3, -0.25) is 9.59 Å². The Labute approximate surface area is 119 Å². The summed E-state index contributed by atoms with van der Waals surface area (Å²) >= 11 is 1.42. The lowest BCUT2D eigenvalue weighted by molar-refractivity contribution is -0.139. The van der Waals surface area contributed by atoms with Crippen LogP contribution < -0.4 is 10.6 Å². The van der Waals surface area contributed by atoms with Gasteiger partial charge in [-0.15, -0.1) is 0 Å². The molecular weight excluding hydrogens is 280 g/mol. The number of likely N-dealkylation sites (N-methyl/N-ethyl adjacent to an activating group) is 1. The van der Waals surface area contributed by atoms with Gasteiger partial charge in [-0.1, -0.05) is 0 Å². The van der Waals surface area contributed by atoms with Gasteiger partial charge >= 0.3 is 11.8 Å². The number of thiophene rings is 1. The molecule has 6 nitrogen and oxygen atoms in total. The van der Waals surface area contributed by atoms with E-state index in [-0.39, 0.29) is 6.54 Å². The molecule has 0 fully saturated rings. The highest BCUT2D eigenvalue weighted by Gasteiger charge is 2.35. The van der Waals surface area contributed by atoms with Crippen molar-refractivity contribution in [1.82, 2.24) is 10.6 Å². The lowest BCUT2D eigenvalue weighted by atomic mass is 9.93. The van der Waals surface area contributed by atoms with E-state index in [4.69, 9.17) is 4.42 Å². The molecule has 20 heavy (non-hydrogen) atoms. The van der Waals surface area contributed by atoms with Crippen LogP contribution in [0.2, 0.25) is 0 Å². The molecule has 1 atom stereocenters. The minimum Gasteiger partial charge on any atom is -0.466 e. The third-order valence-electron chi connectivity index (χ3n) is 2.87. The van der Waals surface area contributed by atoms with Crippen molar-refractivity contribution >= 4 is 23.2 Å². The Morgan fingerprint density at radius 1 is 1.40 bits per heavy atom. The van der Waals surface area contributed by atoms with Crippen molar-refractivity contribution < 1.29 is 19.1 Å². The van der Waals surface area contributed by atoms with E-state index >= 15 is 0 Å². The van der Waals surface area contributed by atoms with Crippen LogP contribution in [0.5, 0.6) is 0 Å². The normalized spacial score (nSPS) is 13.5.